The minimum atomic E-state index is 0.618. The van der Waals surface area contributed by atoms with Crippen LogP contribution in [-0.2, 0) is 13.5 Å². The second-order valence-electron chi connectivity index (χ2n) is 6.84. The molecule has 1 unspecified atom stereocenters. The molecule has 1 aliphatic rings. The van der Waals surface area contributed by atoms with Gasteiger partial charge in [0.15, 0.2) is 0 Å². The maximum atomic E-state index is 4.49. The summed E-state index contributed by atoms with van der Waals surface area (Å²) in [7, 11) is 2.07. The molecule has 120 valence electrons. The van der Waals surface area contributed by atoms with Gasteiger partial charge in [-0.3, -0.25) is 4.68 Å². The van der Waals surface area contributed by atoms with Crippen molar-refractivity contribution >= 4 is 0 Å². The fourth-order valence-corrected chi connectivity index (χ4v) is 4.04. The Balaban J connectivity index is 1.94. The molecule has 0 aromatic carbocycles. The molecule has 1 heterocycles. The lowest BCUT2D eigenvalue weighted by Gasteiger charge is -2.34. The Hall–Kier alpha value is -0.830. The molecule has 21 heavy (non-hydrogen) atoms. The lowest BCUT2D eigenvalue weighted by atomic mass is 9.76. The number of likely N-dealkylation sites (N-methyl/N-ethyl adjacent to an activating group) is 1. The first kappa shape index (κ1) is 16.5. The van der Waals surface area contributed by atoms with Crippen molar-refractivity contribution in [2.75, 3.05) is 6.54 Å². The van der Waals surface area contributed by atoms with E-state index in [0.29, 0.717) is 6.04 Å². The molecular formula is C18H33N3. The van der Waals surface area contributed by atoms with Gasteiger partial charge in [-0.25, -0.2) is 0 Å². The number of hydrogen-bond acceptors (Lipinski definition) is 2. The van der Waals surface area contributed by atoms with Crippen molar-refractivity contribution in [3.05, 3.63) is 17.5 Å². The van der Waals surface area contributed by atoms with Gasteiger partial charge in [0.05, 0.1) is 5.69 Å². The number of aromatic nitrogens is 2. The highest BCUT2D eigenvalue weighted by Gasteiger charge is 2.27. The van der Waals surface area contributed by atoms with Crippen molar-refractivity contribution in [1.82, 2.24) is 15.1 Å². The molecule has 2 rings (SSSR count). The third-order valence-electron chi connectivity index (χ3n) is 5.15. The first-order valence-electron chi connectivity index (χ1n) is 8.86. The highest BCUT2D eigenvalue weighted by Crippen LogP contribution is 2.34. The average Bonchev–Trinajstić information content (AvgIpc) is 2.78. The van der Waals surface area contributed by atoms with Gasteiger partial charge in [0.2, 0.25) is 0 Å². The van der Waals surface area contributed by atoms with Gasteiger partial charge >= 0.3 is 0 Å². The SMILES string of the molecule is CCCC1CCC(C(Cc2cc(C)nn2C)NCC)CC1. The van der Waals surface area contributed by atoms with E-state index in [0.717, 1.165) is 30.5 Å². The van der Waals surface area contributed by atoms with Crippen LogP contribution in [0.4, 0.5) is 0 Å². The van der Waals surface area contributed by atoms with Gasteiger partial charge in [-0.15, -0.1) is 0 Å². The van der Waals surface area contributed by atoms with Crippen LogP contribution in [0.2, 0.25) is 0 Å². The molecule has 0 saturated heterocycles. The molecule has 0 spiro atoms. The third kappa shape index (κ3) is 4.57. The lowest BCUT2D eigenvalue weighted by Crippen LogP contribution is -2.40. The Labute approximate surface area is 130 Å². The molecule has 1 aliphatic carbocycles. The molecule has 1 saturated carbocycles. The summed E-state index contributed by atoms with van der Waals surface area (Å²) < 4.78 is 2.06. The van der Waals surface area contributed by atoms with E-state index < -0.39 is 0 Å². The van der Waals surface area contributed by atoms with Gasteiger partial charge in [-0.1, -0.05) is 39.5 Å². The monoisotopic (exact) mass is 291 g/mol. The molecular weight excluding hydrogens is 258 g/mol. The zero-order valence-electron chi connectivity index (χ0n) is 14.4. The quantitative estimate of drug-likeness (QED) is 0.827. The number of hydrogen-bond donors (Lipinski definition) is 1. The Morgan fingerprint density at radius 2 is 2.00 bits per heavy atom. The fourth-order valence-electron chi connectivity index (χ4n) is 4.04. The Morgan fingerprint density at radius 1 is 1.29 bits per heavy atom. The molecule has 1 N–H and O–H groups in total. The third-order valence-corrected chi connectivity index (χ3v) is 5.15. The standard InChI is InChI=1S/C18H33N3/c1-5-7-15-8-10-16(11-9-15)18(19-6-2)13-17-12-14(3)20-21(17)4/h12,15-16,18-19H,5-11,13H2,1-4H3. The molecule has 1 atom stereocenters. The predicted octanol–water partition coefficient (Wildman–Crippen LogP) is 3.86. The van der Waals surface area contributed by atoms with Gasteiger partial charge < -0.3 is 5.32 Å². The number of nitrogens with one attached hydrogen (secondary N) is 1. The second-order valence-corrected chi connectivity index (χ2v) is 6.84. The summed E-state index contributed by atoms with van der Waals surface area (Å²) in [6.45, 7) is 7.70. The maximum Gasteiger partial charge on any atom is 0.0596 e. The summed E-state index contributed by atoms with van der Waals surface area (Å²) >= 11 is 0. The van der Waals surface area contributed by atoms with Gasteiger partial charge in [0.1, 0.15) is 0 Å². The van der Waals surface area contributed by atoms with Crippen molar-refractivity contribution in [3.8, 4) is 0 Å². The van der Waals surface area contributed by atoms with Crippen LogP contribution < -0.4 is 5.32 Å². The van der Waals surface area contributed by atoms with Crippen molar-refractivity contribution in [1.29, 1.82) is 0 Å². The van der Waals surface area contributed by atoms with Crippen molar-refractivity contribution in [2.24, 2.45) is 18.9 Å². The van der Waals surface area contributed by atoms with Crippen LogP contribution in [0.5, 0.6) is 0 Å². The molecule has 1 aromatic rings. The van der Waals surface area contributed by atoms with E-state index in [1.165, 1.54) is 44.2 Å². The van der Waals surface area contributed by atoms with Crippen molar-refractivity contribution in [3.63, 3.8) is 0 Å². The van der Waals surface area contributed by atoms with Crippen molar-refractivity contribution < 1.29 is 0 Å². The van der Waals surface area contributed by atoms with E-state index in [4.69, 9.17) is 0 Å². The Kier molecular flexibility index (Phi) is 6.28. The molecule has 3 heteroatoms. The summed E-state index contributed by atoms with van der Waals surface area (Å²) in [6, 6.07) is 2.86. The first-order valence-corrected chi connectivity index (χ1v) is 8.86. The summed E-state index contributed by atoms with van der Waals surface area (Å²) in [5.41, 5.74) is 2.50. The fraction of sp³-hybridized carbons (Fsp3) is 0.833. The molecule has 0 amide bonds. The second kappa shape index (κ2) is 7.98. The average molecular weight is 291 g/mol. The molecule has 0 bridgehead atoms. The smallest absolute Gasteiger partial charge is 0.0596 e. The first-order chi connectivity index (χ1) is 10.1. The number of aryl methyl sites for hydroxylation is 2. The summed E-state index contributed by atoms with van der Waals surface area (Å²) in [4.78, 5) is 0. The molecule has 1 fully saturated rings. The Bertz CT molecular complexity index is 416. The Morgan fingerprint density at radius 3 is 2.52 bits per heavy atom. The maximum absolute atomic E-state index is 4.49. The topological polar surface area (TPSA) is 29.9 Å². The lowest BCUT2D eigenvalue weighted by molar-refractivity contribution is 0.212. The van der Waals surface area contributed by atoms with Gasteiger partial charge in [-0.05, 0) is 44.2 Å². The highest BCUT2D eigenvalue weighted by molar-refractivity contribution is 5.10. The van der Waals surface area contributed by atoms with Crippen LogP contribution in [0.3, 0.4) is 0 Å². The zero-order valence-corrected chi connectivity index (χ0v) is 14.4. The van der Waals surface area contributed by atoms with Crippen LogP contribution in [0.15, 0.2) is 6.07 Å². The zero-order chi connectivity index (χ0) is 15.2. The van der Waals surface area contributed by atoms with E-state index in [2.05, 4.69) is 49.0 Å². The van der Waals surface area contributed by atoms with E-state index in [-0.39, 0.29) is 0 Å². The predicted molar refractivity (Wildman–Crippen MR) is 89.5 cm³/mol. The van der Waals surface area contributed by atoms with Crippen molar-refractivity contribution in [2.45, 2.75) is 71.8 Å². The van der Waals surface area contributed by atoms with E-state index >= 15 is 0 Å². The van der Waals surface area contributed by atoms with Crippen LogP contribution in [0.1, 0.15) is 63.8 Å². The minimum Gasteiger partial charge on any atom is -0.314 e. The van der Waals surface area contributed by atoms with Crippen LogP contribution >= 0.6 is 0 Å². The summed E-state index contributed by atoms with van der Waals surface area (Å²) in [6.07, 6.45) is 9.57. The normalized spacial score (nSPS) is 24.2. The molecule has 0 aliphatic heterocycles. The summed E-state index contributed by atoms with van der Waals surface area (Å²) in [5.74, 6) is 1.83. The highest BCUT2D eigenvalue weighted by atomic mass is 15.3. The van der Waals surface area contributed by atoms with E-state index in [1.807, 2.05) is 0 Å². The van der Waals surface area contributed by atoms with E-state index in [1.54, 1.807) is 0 Å². The van der Waals surface area contributed by atoms with Crippen LogP contribution in [0, 0.1) is 18.8 Å². The largest absolute Gasteiger partial charge is 0.314 e. The van der Waals surface area contributed by atoms with Crippen LogP contribution in [0.25, 0.3) is 0 Å². The summed E-state index contributed by atoms with van der Waals surface area (Å²) in [5, 5.41) is 8.24. The number of nitrogens with zero attached hydrogens (tertiary/aromatic N) is 2. The molecule has 0 radical (unpaired) electrons. The van der Waals surface area contributed by atoms with Gasteiger partial charge in [0.25, 0.3) is 0 Å². The van der Waals surface area contributed by atoms with Crippen LogP contribution in [-0.4, -0.2) is 22.4 Å². The van der Waals surface area contributed by atoms with Gasteiger partial charge in [-0.2, -0.15) is 5.10 Å². The number of rotatable bonds is 7. The molecule has 1 aromatic heterocycles. The minimum absolute atomic E-state index is 0.618. The van der Waals surface area contributed by atoms with Gasteiger partial charge in [0, 0.05) is 25.2 Å². The van der Waals surface area contributed by atoms with E-state index in [9.17, 15) is 0 Å². The molecule has 3 nitrogen and oxygen atoms in total.